The second-order valence-corrected chi connectivity index (χ2v) is 7.19. The van der Waals surface area contributed by atoms with Crippen LogP contribution in [0.1, 0.15) is 56.3 Å². The highest BCUT2D eigenvalue weighted by Gasteiger charge is 2.38. The second-order valence-electron chi connectivity index (χ2n) is 7.19. The van der Waals surface area contributed by atoms with E-state index in [1.54, 1.807) is 12.1 Å². The van der Waals surface area contributed by atoms with E-state index in [0.29, 0.717) is 18.0 Å². The van der Waals surface area contributed by atoms with E-state index < -0.39 is 18.1 Å². The van der Waals surface area contributed by atoms with Gasteiger partial charge in [-0.15, -0.1) is 0 Å². The molecule has 1 amide bonds. The quantitative estimate of drug-likeness (QED) is 0.616. The number of carbonyl (C=O) groups excluding carboxylic acids is 1. The third-order valence-electron chi connectivity index (χ3n) is 4.51. The number of aromatic carboxylic acids is 1. The first-order chi connectivity index (χ1) is 14.0. The Bertz CT molecular complexity index is 752. The minimum Gasteiger partial charge on any atom is -0.478 e. The number of benzene rings is 1. The summed E-state index contributed by atoms with van der Waals surface area (Å²) in [7, 11) is 0. The molecule has 0 aliphatic carbocycles. The molecule has 0 bridgehead atoms. The molecule has 1 unspecified atom stereocenters. The van der Waals surface area contributed by atoms with E-state index in [1.165, 1.54) is 6.42 Å². The Morgan fingerprint density at radius 1 is 1.23 bits per heavy atom. The fourth-order valence-corrected chi connectivity index (χ4v) is 3.03. The number of unbranched alkanes of at least 4 members (excludes halogenated alkanes) is 1. The molecule has 1 atom stereocenters. The van der Waals surface area contributed by atoms with Crippen molar-refractivity contribution in [3.63, 3.8) is 0 Å². The molecule has 1 aromatic carbocycles. The first-order valence-corrected chi connectivity index (χ1v) is 9.68. The molecule has 10 heteroatoms. The first-order valence-electron chi connectivity index (χ1n) is 9.68. The fourth-order valence-electron chi connectivity index (χ4n) is 3.03. The van der Waals surface area contributed by atoms with Crippen LogP contribution in [0.2, 0.25) is 0 Å². The van der Waals surface area contributed by atoms with Crippen molar-refractivity contribution in [2.24, 2.45) is 5.92 Å². The lowest BCUT2D eigenvalue weighted by Gasteiger charge is -2.33. The molecule has 1 aromatic rings. The number of carboxylic acids is 2. The topological polar surface area (TPSA) is 107 Å². The van der Waals surface area contributed by atoms with E-state index in [4.69, 9.17) is 9.90 Å². The number of rotatable bonds is 6. The fraction of sp³-hybridized carbons (Fsp3) is 0.550. The predicted octanol–water partition coefficient (Wildman–Crippen LogP) is 4.38. The number of piperidine rings is 1. The van der Waals surface area contributed by atoms with Crippen molar-refractivity contribution in [1.29, 1.82) is 0 Å². The largest absolute Gasteiger partial charge is 0.490 e. The molecule has 2 rings (SSSR count). The van der Waals surface area contributed by atoms with Gasteiger partial charge in [0.05, 0.1) is 11.3 Å². The second kappa shape index (κ2) is 11.4. The SMILES string of the molecule is CCCCC(=O)Nc1ccc(N2CCCC(C)C2)c(C(=O)O)c1.O=C(O)C(F)(F)F. The molecule has 0 radical (unpaired) electrons. The number of hydrogen-bond acceptors (Lipinski definition) is 4. The maximum absolute atomic E-state index is 11.8. The molecule has 0 aromatic heterocycles. The highest BCUT2D eigenvalue weighted by Crippen LogP contribution is 2.28. The van der Waals surface area contributed by atoms with Crippen LogP contribution in [-0.4, -0.2) is 47.3 Å². The lowest BCUT2D eigenvalue weighted by molar-refractivity contribution is -0.192. The van der Waals surface area contributed by atoms with Gasteiger partial charge in [0, 0.05) is 25.2 Å². The summed E-state index contributed by atoms with van der Waals surface area (Å²) in [4.78, 5) is 34.5. The van der Waals surface area contributed by atoms with Crippen LogP contribution in [0.15, 0.2) is 18.2 Å². The molecule has 1 fully saturated rings. The number of alkyl halides is 3. The Hall–Kier alpha value is -2.78. The van der Waals surface area contributed by atoms with Crippen molar-refractivity contribution in [3.05, 3.63) is 23.8 Å². The zero-order chi connectivity index (χ0) is 22.9. The summed E-state index contributed by atoms with van der Waals surface area (Å²) in [5.41, 5.74) is 1.56. The van der Waals surface area contributed by atoms with Crippen molar-refractivity contribution < 1.29 is 37.8 Å². The van der Waals surface area contributed by atoms with E-state index in [-0.39, 0.29) is 11.5 Å². The molecule has 1 heterocycles. The molecule has 0 saturated carbocycles. The Labute approximate surface area is 172 Å². The Kier molecular flexibility index (Phi) is 9.61. The highest BCUT2D eigenvalue weighted by atomic mass is 19.4. The third kappa shape index (κ3) is 8.30. The van der Waals surface area contributed by atoms with Crippen molar-refractivity contribution in [1.82, 2.24) is 0 Å². The van der Waals surface area contributed by atoms with Crippen LogP contribution in [0.4, 0.5) is 24.5 Å². The summed E-state index contributed by atoms with van der Waals surface area (Å²) >= 11 is 0. The van der Waals surface area contributed by atoms with Gasteiger partial charge in [-0.25, -0.2) is 9.59 Å². The van der Waals surface area contributed by atoms with Crippen LogP contribution in [0.5, 0.6) is 0 Å². The molecule has 1 aliphatic heterocycles. The molecule has 0 spiro atoms. The van der Waals surface area contributed by atoms with Crippen LogP contribution >= 0.6 is 0 Å². The van der Waals surface area contributed by atoms with Gasteiger partial charge < -0.3 is 20.4 Å². The van der Waals surface area contributed by atoms with Crippen LogP contribution in [0.3, 0.4) is 0 Å². The van der Waals surface area contributed by atoms with Crippen LogP contribution in [0.25, 0.3) is 0 Å². The van der Waals surface area contributed by atoms with Gasteiger partial charge in [-0.1, -0.05) is 20.3 Å². The standard InChI is InChI=1S/C18H26N2O3.C2HF3O2/c1-3-4-7-17(21)19-14-8-9-16(15(11-14)18(22)23)20-10-5-6-13(2)12-20;3-2(4,5)1(6)7/h8-9,11,13H,3-7,10,12H2,1-2H3,(H,19,21)(H,22,23);(H,6,7). The summed E-state index contributed by atoms with van der Waals surface area (Å²) in [6, 6.07) is 5.18. The van der Waals surface area contributed by atoms with E-state index in [9.17, 15) is 27.9 Å². The van der Waals surface area contributed by atoms with Crippen molar-refractivity contribution >= 4 is 29.2 Å². The summed E-state index contributed by atoms with van der Waals surface area (Å²) in [5.74, 6) is -3.21. The molecule has 168 valence electrons. The maximum Gasteiger partial charge on any atom is 0.490 e. The van der Waals surface area contributed by atoms with Gasteiger partial charge in [0.25, 0.3) is 0 Å². The van der Waals surface area contributed by atoms with Crippen molar-refractivity contribution in [2.75, 3.05) is 23.3 Å². The number of hydrogen-bond donors (Lipinski definition) is 3. The number of carboxylic acid groups (broad SMARTS) is 2. The van der Waals surface area contributed by atoms with E-state index in [2.05, 4.69) is 17.1 Å². The molecule has 1 saturated heterocycles. The smallest absolute Gasteiger partial charge is 0.478 e. The molecular formula is C20H27F3N2O5. The van der Waals surface area contributed by atoms with Gasteiger partial charge in [-0.2, -0.15) is 13.2 Å². The lowest BCUT2D eigenvalue weighted by Crippen LogP contribution is -2.35. The minimum absolute atomic E-state index is 0.0671. The number of carbonyl (C=O) groups is 3. The molecule has 7 nitrogen and oxygen atoms in total. The van der Waals surface area contributed by atoms with Gasteiger partial charge >= 0.3 is 18.1 Å². The summed E-state index contributed by atoms with van der Waals surface area (Å²) < 4.78 is 31.7. The Balaban J connectivity index is 0.000000553. The van der Waals surface area contributed by atoms with Crippen molar-refractivity contribution in [3.8, 4) is 0 Å². The summed E-state index contributed by atoms with van der Waals surface area (Å²) in [5, 5.41) is 19.4. The van der Waals surface area contributed by atoms with Crippen molar-refractivity contribution in [2.45, 2.75) is 52.1 Å². The van der Waals surface area contributed by atoms with Gasteiger partial charge in [-0.05, 0) is 43.4 Å². The number of nitrogens with one attached hydrogen (secondary N) is 1. The first kappa shape index (κ1) is 25.3. The number of aliphatic carboxylic acids is 1. The summed E-state index contributed by atoms with van der Waals surface area (Å²) in [6.45, 7) is 5.98. The number of amides is 1. The molecule has 1 aliphatic rings. The third-order valence-corrected chi connectivity index (χ3v) is 4.51. The normalized spacial score (nSPS) is 16.3. The molecule has 3 N–H and O–H groups in total. The monoisotopic (exact) mass is 432 g/mol. The average molecular weight is 432 g/mol. The zero-order valence-electron chi connectivity index (χ0n) is 17.0. The lowest BCUT2D eigenvalue weighted by atomic mass is 9.98. The minimum atomic E-state index is -5.08. The molecule has 30 heavy (non-hydrogen) atoms. The maximum atomic E-state index is 11.8. The number of nitrogens with zero attached hydrogens (tertiary/aromatic N) is 1. The number of anilines is 2. The Morgan fingerprint density at radius 3 is 2.37 bits per heavy atom. The van der Waals surface area contributed by atoms with Gasteiger partial charge in [0.1, 0.15) is 0 Å². The van der Waals surface area contributed by atoms with E-state index >= 15 is 0 Å². The average Bonchev–Trinajstić information content (AvgIpc) is 2.66. The van der Waals surface area contributed by atoms with Gasteiger partial charge in [-0.3, -0.25) is 4.79 Å². The molecular weight excluding hydrogens is 405 g/mol. The van der Waals surface area contributed by atoms with Crippen LogP contribution < -0.4 is 10.2 Å². The van der Waals surface area contributed by atoms with Gasteiger partial charge in [0.15, 0.2) is 0 Å². The van der Waals surface area contributed by atoms with Crippen LogP contribution in [-0.2, 0) is 9.59 Å². The summed E-state index contributed by atoms with van der Waals surface area (Å²) in [6.07, 6.45) is -0.564. The predicted molar refractivity (Wildman–Crippen MR) is 106 cm³/mol. The number of halogens is 3. The van der Waals surface area contributed by atoms with E-state index in [0.717, 1.165) is 38.0 Å². The van der Waals surface area contributed by atoms with Crippen LogP contribution in [0, 0.1) is 5.92 Å². The highest BCUT2D eigenvalue weighted by molar-refractivity contribution is 5.98. The zero-order valence-corrected chi connectivity index (χ0v) is 17.0. The van der Waals surface area contributed by atoms with Gasteiger partial charge in [0.2, 0.25) is 5.91 Å². The Morgan fingerprint density at radius 2 is 1.87 bits per heavy atom. The van der Waals surface area contributed by atoms with E-state index in [1.807, 2.05) is 13.0 Å².